The Morgan fingerprint density at radius 3 is 3.00 bits per heavy atom. The maximum atomic E-state index is 8.59. The molecular weight excluding hydrogens is 252 g/mol. The number of halogens is 1. The molecule has 2 aromatic rings. The van der Waals surface area contributed by atoms with Crippen molar-refractivity contribution < 1.29 is 0 Å². The third kappa shape index (κ3) is 1.78. The van der Waals surface area contributed by atoms with Crippen molar-refractivity contribution in [1.82, 2.24) is 4.57 Å². The van der Waals surface area contributed by atoms with Crippen LogP contribution < -0.4 is 0 Å². The number of para-hydroxylation sites is 1. The normalized spacial score (nSPS) is 10.5. The topological polar surface area (TPSA) is 28.7 Å². The number of aromatic nitrogens is 1. The van der Waals surface area contributed by atoms with Gasteiger partial charge < -0.3 is 4.57 Å². The predicted octanol–water partition coefficient (Wildman–Crippen LogP) is 3.40. The van der Waals surface area contributed by atoms with Gasteiger partial charge in [-0.05, 0) is 34.0 Å². The van der Waals surface area contributed by atoms with Gasteiger partial charge in [-0.3, -0.25) is 0 Å². The zero-order chi connectivity index (χ0) is 10.8. The summed E-state index contributed by atoms with van der Waals surface area (Å²) < 4.78 is 3.21. The van der Waals surface area contributed by atoms with Crippen LogP contribution in [0.1, 0.15) is 12.0 Å². The van der Waals surface area contributed by atoms with Gasteiger partial charge in [-0.15, -0.1) is 0 Å². The van der Waals surface area contributed by atoms with Crippen molar-refractivity contribution >= 4 is 26.8 Å². The van der Waals surface area contributed by atoms with Crippen LogP contribution in [0, 0.1) is 11.3 Å². The highest BCUT2D eigenvalue weighted by molar-refractivity contribution is 9.10. The summed E-state index contributed by atoms with van der Waals surface area (Å²) in [6, 6.07) is 8.36. The number of fused-ring (bicyclic) bond motifs is 1. The molecule has 0 aliphatic carbocycles. The van der Waals surface area contributed by atoms with E-state index >= 15 is 0 Å². The average Bonchev–Trinajstić information content (AvgIpc) is 2.54. The van der Waals surface area contributed by atoms with E-state index in [9.17, 15) is 0 Å². The van der Waals surface area contributed by atoms with Crippen molar-refractivity contribution in [2.24, 2.45) is 7.05 Å². The standard InChI is InChI=1S/C12H11BrN2/c1-15-8-9(4-3-7-14)10-5-2-6-11(13)12(10)15/h2,5-6,8H,3-4H2,1H3. The lowest BCUT2D eigenvalue weighted by atomic mass is 10.1. The molecule has 0 unspecified atom stereocenters. The van der Waals surface area contributed by atoms with Gasteiger partial charge in [0.1, 0.15) is 0 Å². The second kappa shape index (κ2) is 4.08. The van der Waals surface area contributed by atoms with Gasteiger partial charge in [0, 0.05) is 29.5 Å². The Morgan fingerprint density at radius 2 is 2.27 bits per heavy atom. The molecule has 76 valence electrons. The summed E-state index contributed by atoms with van der Waals surface area (Å²) in [7, 11) is 2.03. The fourth-order valence-electron chi connectivity index (χ4n) is 1.89. The summed E-state index contributed by atoms with van der Waals surface area (Å²) in [4.78, 5) is 0. The van der Waals surface area contributed by atoms with Crippen LogP contribution in [0.2, 0.25) is 0 Å². The molecule has 3 heteroatoms. The van der Waals surface area contributed by atoms with Gasteiger partial charge in [0.15, 0.2) is 0 Å². The van der Waals surface area contributed by atoms with Gasteiger partial charge in [0.05, 0.1) is 11.6 Å². The van der Waals surface area contributed by atoms with Crippen LogP contribution in [-0.2, 0) is 13.5 Å². The number of hydrogen-bond donors (Lipinski definition) is 0. The molecule has 1 heterocycles. The number of hydrogen-bond acceptors (Lipinski definition) is 1. The van der Waals surface area contributed by atoms with E-state index in [2.05, 4.69) is 38.8 Å². The van der Waals surface area contributed by atoms with E-state index in [-0.39, 0.29) is 0 Å². The van der Waals surface area contributed by atoms with Crippen molar-refractivity contribution in [2.75, 3.05) is 0 Å². The summed E-state index contributed by atoms with van der Waals surface area (Å²) in [5.74, 6) is 0. The minimum absolute atomic E-state index is 0.575. The van der Waals surface area contributed by atoms with Gasteiger partial charge >= 0.3 is 0 Å². The van der Waals surface area contributed by atoms with Gasteiger partial charge in [-0.2, -0.15) is 5.26 Å². The fraction of sp³-hybridized carbons (Fsp3) is 0.250. The monoisotopic (exact) mass is 262 g/mol. The maximum Gasteiger partial charge on any atom is 0.0625 e. The molecule has 0 aliphatic rings. The van der Waals surface area contributed by atoms with Crippen molar-refractivity contribution in [2.45, 2.75) is 12.8 Å². The van der Waals surface area contributed by atoms with E-state index in [4.69, 9.17) is 5.26 Å². The van der Waals surface area contributed by atoms with Gasteiger partial charge in [-0.25, -0.2) is 0 Å². The summed E-state index contributed by atoms with van der Waals surface area (Å²) in [6.45, 7) is 0. The number of aryl methyl sites for hydroxylation is 2. The third-order valence-corrected chi connectivity index (χ3v) is 3.18. The molecule has 0 amide bonds. The number of benzene rings is 1. The quantitative estimate of drug-likeness (QED) is 0.816. The molecule has 0 N–H and O–H groups in total. The molecule has 0 aliphatic heterocycles. The number of nitrogens with zero attached hydrogens (tertiary/aromatic N) is 2. The van der Waals surface area contributed by atoms with Crippen LogP contribution in [-0.4, -0.2) is 4.57 Å². The van der Waals surface area contributed by atoms with Crippen molar-refractivity contribution in [3.05, 3.63) is 34.4 Å². The second-order valence-electron chi connectivity index (χ2n) is 3.56. The molecule has 2 rings (SSSR count). The molecule has 0 saturated heterocycles. The third-order valence-electron chi connectivity index (χ3n) is 2.54. The molecule has 0 fully saturated rings. The Hall–Kier alpha value is -1.27. The summed E-state index contributed by atoms with van der Waals surface area (Å²) >= 11 is 3.54. The Kier molecular flexibility index (Phi) is 2.79. The Labute approximate surface area is 97.3 Å². The first-order valence-corrected chi connectivity index (χ1v) is 5.62. The van der Waals surface area contributed by atoms with Crippen molar-refractivity contribution in [3.8, 4) is 6.07 Å². The Morgan fingerprint density at radius 1 is 1.47 bits per heavy atom. The SMILES string of the molecule is Cn1cc(CCC#N)c2cccc(Br)c21. The molecule has 0 radical (unpaired) electrons. The molecule has 0 spiro atoms. The smallest absolute Gasteiger partial charge is 0.0625 e. The molecule has 15 heavy (non-hydrogen) atoms. The molecular formula is C12H11BrN2. The second-order valence-corrected chi connectivity index (χ2v) is 4.41. The van der Waals surface area contributed by atoms with E-state index in [1.807, 2.05) is 19.2 Å². The van der Waals surface area contributed by atoms with Crippen LogP contribution in [0.5, 0.6) is 0 Å². The van der Waals surface area contributed by atoms with Gasteiger partial charge in [0.2, 0.25) is 0 Å². The highest BCUT2D eigenvalue weighted by atomic mass is 79.9. The lowest BCUT2D eigenvalue weighted by molar-refractivity contribution is 0.939. The minimum atomic E-state index is 0.575. The molecule has 2 nitrogen and oxygen atoms in total. The van der Waals surface area contributed by atoms with Crippen LogP contribution >= 0.6 is 15.9 Å². The summed E-state index contributed by atoms with van der Waals surface area (Å²) in [5.41, 5.74) is 2.45. The average molecular weight is 263 g/mol. The lowest BCUT2D eigenvalue weighted by Gasteiger charge is -1.98. The minimum Gasteiger partial charge on any atom is -0.349 e. The molecule has 0 saturated carbocycles. The first kappa shape index (κ1) is 10.3. The predicted molar refractivity (Wildman–Crippen MR) is 64.6 cm³/mol. The van der Waals surface area contributed by atoms with E-state index in [0.717, 1.165) is 10.9 Å². The highest BCUT2D eigenvalue weighted by Gasteiger charge is 2.08. The molecule has 1 aromatic carbocycles. The fourth-order valence-corrected chi connectivity index (χ4v) is 2.54. The van der Waals surface area contributed by atoms with Gasteiger partial charge in [0.25, 0.3) is 0 Å². The lowest BCUT2D eigenvalue weighted by Crippen LogP contribution is -1.84. The van der Waals surface area contributed by atoms with Gasteiger partial charge in [-0.1, -0.05) is 12.1 Å². The van der Waals surface area contributed by atoms with Crippen LogP contribution in [0.4, 0.5) is 0 Å². The Balaban J connectivity index is 2.59. The number of nitriles is 1. The van der Waals surface area contributed by atoms with Crippen LogP contribution in [0.25, 0.3) is 10.9 Å². The molecule has 0 atom stereocenters. The van der Waals surface area contributed by atoms with Crippen LogP contribution in [0.3, 0.4) is 0 Å². The number of rotatable bonds is 2. The van der Waals surface area contributed by atoms with E-state index in [1.165, 1.54) is 16.5 Å². The summed E-state index contributed by atoms with van der Waals surface area (Å²) in [6.07, 6.45) is 3.50. The molecule has 1 aromatic heterocycles. The molecule has 0 bridgehead atoms. The Bertz CT molecular complexity index is 534. The summed E-state index contributed by atoms with van der Waals surface area (Å²) in [5, 5.41) is 9.83. The maximum absolute atomic E-state index is 8.59. The van der Waals surface area contributed by atoms with Crippen LogP contribution in [0.15, 0.2) is 28.9 Å². The van der Waals surface area contributed by atoms with E-state index in [1.54, 1.807) is 0 Å². The highest BCUT2D eigenvalue weighted by Crippen LogP contribution is 2.28. The van der Waals surface area contributed by atoms with Crippen molar-refractivity contribution in [3.63, 3.8) is 0 Å². The zero-order valence-electron chi connectivity index (χ0n) is 8.50. The first-order valence-electron chi connectivity index (χ1n) is 4.83. The first-order chi connectivity index (χ1) is 7.24. The van der Waals surface area contributed by atoms with E-state index in [0.29, 0.717) is 6.42 Å². The van der Waals surface area contributed by atoms with E-state index < -0.39 is 0 Å². The largest absolute Gasteiger partial charge is 0.349 e. The zero-order valence-corrected chi connectivity index (χ0v) is 10.1. The van der Waals surface area contributed by atoms with Crippen molar-refractivity contribution in [1.29, 1.82) is 5.26 Å².